The highest BCUT2D eigenvalue weighted by Crippen LogP contribution is 2.28. The molecule has 0 aliphatic rings. The number of esters is 2. The molecule has 0 spiro atoms. The molecule has 10 heteroatoms. The molecule has 0 aliphatic heterocycles. The maximum Gasteiger partial charge on any atom is 0.307 e. The Kier molecular flexibility index (Phi) is 11.9. The minimum absolute atomic E-state index is 0.0278. The standard InChI is InChI=1S/C33H40N4O5S/c1-23(35-27(38)18-17-24-12-8-7-9-13-24)36-31(37-26-16-10-14-25-15-11-19-34-30(25)26)43-22-41-28(39)20-33(5,6)21-29(40)42-32(2,3)4/h7-19,23H,20-22H2,1-6H3,(H,35,38)(H,36,37)/b18-17+. The van der Waals surface area contributed by atoms with E-state index in [1.54, 1.807) is 40.0 Å². The van der Waals surface area contributed by atoms with Crippen LogP contribution >= 0.6 is 11.8 Å². The summed E-state index contributed by atoms with van der Waals surface area (Å²) in [5.41, 5.74) is 1.02. The predicted octanol–water partition coefficient (Wildman–Crippen LogP) is 6.37. The summed E-state index contributed by atoms with van der Waals surface area (Å²) in [6.45, 7) is 10.8. The second-order valence-electron chi connectivity index (χ2n) is 11.8. The molecule has 0 bridgehead atoms. The highest BCUT2D eigenvalue weighted by Gasteiger charge is 2.29. The molecule has 9 nitrogen and oxygen atoms in total. The van der Waals surface area contributed by atoms with Crippen LogP contribution in [0.1, 0.15) is 59.9 Å². The monoisotopic (exact) mass is 604 g/mol. The van der Waals surface area contributed by atoms with Gasteiger partial charge in [-0.2, -0.15) is 0 Å². The van der Waals surface area contributed by atoms with E-state index in [1.807, 2.05) is 74.5 Å². The van der Waals surface area contributed by atoms with E-state index in [1.165, 1.54) is 17.8 Å². The number of nitrogens with one attached hydrogen (secondary N) is 2. The van der Waals surface area contributed by atoms with Gasteiger partial charge in [0.05, 0.1) is 30.2 Å². The number of carbonyl (C=O) groups is 3. The van der Waals surface area contributed by atoms with Crippen molar-refractivity contribution in [3.05, 3.63) is 78.5 Å². The van der Waals surface area contributed by atoms with E-state index in [0.717, 1.165) is 10.9 Å². The number of nitrogens with zero attached hydrogens (tertiary/aromatic N) is 2. The molecule has 0 saturated carbocycles. The van der Waals surface area contributed by atoms with E-state index < -0.39 is 23.2 Å². The summed E-state index contributed by atoms with van der Waals surface area (Å²) in [6, 6.07) is 19.0. The number of para-hydroxylation sites is 1. The molecule has 3 aromatic rings. The Morgan fingerprint density at radius 3 is 2.35 bits per heavy atom. The summed E-state index contributed by atoms with van der Waals surface area (Å²) >= 11 is 1.17. The number of benzene rings is 2. The molecule has 0 radical (unpaired) electrons. The van der Waals surface area contributed by atoms with Gasteiger partial charge in [0.25, 0.3) is 0 Å². The van der Waals surface area contributed by atoms with Crippen LogP contribution in [0.2, 0.25) is 0 Å². The number of thioether (sulfide) groups is 1. The van der Waals surface area contributed by atoms with E-state index in [4.69, 9.17) is 14.5 Å². The lowest BCUT2D eigenvalue weighted by Crippen LogP contribution is -2.44. The van der Waals surface area contributed by atoms with Crippen molar-refractivity contribution in [3.63, 3.8) is 0 Å². The van der Waals surface area contributed by atoms with Crippen LogP contribution in [0.3, 0.4) is 0 Å². The number of amides is 1. The van der Waals surface area contributed by atoms with Crippen LogP contribution in [0.4, 0.5) is 5.69 Å². The number of pyridine rings is 1. The van der Waals surface area contributed by atoms with Gasteiger partial charge in [-0.05, 0) is 68.6 Å². The maximum atomic E-state index is 12.7. The molecular weight excluding hydrogens is 564 g/mol. The fraction of sp³-hybridized carbons (Fsp3) is 0.364. The van der Waals surface area contributed by atoms with E-state index in [-0.39, 0.29) is 30.7 Å². The van der Waals surface area contributed by atoms with Crippen molar-refractivity contribution in [2.45, 2.75) is 66.2 Å². The van der Waals surface area contributed by atoms with Crippen molar-refractivity contribution >= 4 is 57.4 Å². The first-order valence-corrected chi connectivity index (χ1v) is 15.0. The third-order valence-corrected chi connectivity index (χ3v) is 6.56. The molecule has 0 saturated heterocycles. The second kappa shape index (κ2) is 15.3. The third-order valence-electron chi connectivity index (χ3n) is 5.84. The number of fused-ring (bicyclic) bond motifs is 1. The van der Waals surface area contributed by atoms with Gasteiger partial charge >= 0.3 is 11.9 Å². The molecule has 2 aromatic carbocycles. The zero-order valence-electron chi connectivity index (χ0n) is 25.5. The molecular formula is C33H40N4O5S. The number of aliphatic imine (C=N–C) groups is 1. The van der Waals surface area contributed by atoms with Crippen molar-refractivity contribution in [1.82, 2.24) is 15.6 Å². The molecule has 1 aromatic heterocycles. The summed E-state index contributed by atoms with van der Waals surface area (Å²) in [6.07, 6.45) is 4.53. The zero-order valence-corrected chi connectivity index (χ0v) is 26.4. The van der Waals surface area contributed by atoms with Crippen LogP contribution in [0.5, 0.6) is 0 Å². The number of carbonyl (C=O) groups excluding carboxylic acids is 3. The lowest BCUT2D eigenvalue weighted by atomic mass is 9.86. The van der Waals surface area contributed by atoms with Gasteiger partial charge < -0.3 is 20.1 Å². The minimum Gasteiger partial charge on any atom is -0.460 e. The van der Waals surface area contributed by atoms with Crippen molar-refractivity contribution in [1.29, 1.82) is 0 Å². The Balaban J connectivity index is 1.66. The quantitative estimate of drug-likeness (QED) is 0.0852. The summed E-state index contributed by atoms with van der Waals surface area (Å²) in [4.78, 5) is 46.7. The lowest BCUT2D eigenvalue weighted by molar-refractivity contribution is -0.158. The molecule has 1 atom stereocenters. The third kappa shape index (κ3) is 12.3. The largest absolute Gasteiger partial charge is 0.460 e. The normalized spacial score (nSPS) is 13.0. The smallest absolute Gasteiger partial charge is 0.307 e. The van der Waals surface area contributed by atoms with Crippen molar-refractivity contribution in [2.24, 2.45) is 10.4 Å². The van der Waals surface area contributed by atoms with E-state index in [2.05, 4.69) is 15.6 Å². The molecule has 1 amide bonds. The van der Waals surface area contributed by atoms with Crippen LogP contribution in [0.25, 0.3) is 17.0 Å². The first-order chi connectivity index (χ1) is 20.3. The highest BCUT2D eigenvalue weighted by molar-refractivity contribution is 8.13. The Hall–Kier alpha value is -4.18. The SMILES string of the molecule is CC(NC(=O)/C=C/c1ccccc1)N/C(=N\c1cccc2cccnc12)SCOC(=O)CC(C)(C)CC(=O)OC(C)(C)C. The molecule has 228 valence electrons. The van der Waals surface area contributed by atoms with Crippen molar-refractivity contribution in [2.75, 3.05) is 5.94 Å². The molecule has 1 unspecified atom stereocenters. The average molecular weight is 605 g/mol. The molecule has 0 fully saturated rings. The average Bonchev–Trinajstić information content (AvgIpc) is 2.90. The second-order valence-corrected chi connectivity index (χ2v) is 12.7. The van der Waals surface area contributed by atoms with Crippen molar-refractivity contribution in [3.8, 4) is 0 Å². The Bertz CT molecular complexity index is 1460. The summed E-state index contributed by atoms with van der Waals surface area (Å²) in [7, 11) is 0. The van der Waals surface area contributed by atoms with Gasteiger partial charge in [0.2, 0.25) is 5.91 Å². The first kappa shape index (κ1) is 33.3. The van der Waals surface area contributed by atoms with Gasteiger partial charge in [-0.15, -0.1) is 0 Å². The molecule has 3 rings (SSSR count). The van der Waals surface area contributed by atoms with Crippen LogP contribution in [-0.2, 0) is 23.9 Å². The van der Waals surface area contributed by atoms with E-state index >= 15 is 0 Å². The molecule has 1 heterocycles. The van der Waals surface area contributed by atoms with Crippen molar-refractivity contribution < 1.29 is 23.9 Å². The Labute approximate surface area is 257 Å². The van der Waals surface area contributed by atoms with Gasteiger partial charge in [-0.3, -0.25) is 19.4 Å². The molecule has 2 N–H and O–H groups in total. The number of amidine groups is 1. The fourth-order valence-corrected chi connectivity index (χ4v) is 4.76. The summed E-state index contributed by atoms with van der Waals surface area (Å²) in [5.74, 6) is -1.12. The number of aromatic nitrogens is 1. The van der Waals surface area contributed by atoms with E-state index in [9.17, 15) is 14.4 Å². The number of rotatable bonds is 11. The fourth-order valence-electron chi connectivity index (χ4n) is 4.04. The molecule has 0 aliphatic carbocycles. The summed E-state index contributed by atoms with van der Waals surface area (Å²) < 4.78 is 10.9. The van der Waals surface area contributed by atoms with Gasteiger partial charge in [-0.25, -0.2) is 4.99 Å². The zero-order chi connectivity index (χ0) is 31.5. The van der Waals surface area contributed by atoms with E-state index in [0.29, 0.717) is 16.4 Å². The van der Waals surface area contributed by atoms with Crippen LogP contribution in [0.15, 0.2) is 77.9 Å². The van der Waals surface area contributed by atoms with Crippen LogP contribution in [0, 0.1) is 5.41 Å². The van der Waals surface area contributed by atoms with Crippen LogP contribution in [-0.4, -0.2) is 45.7 Å². The minimum atomic E-state index is -0.639. The highest BCUT2D eigenvalue weighted by atomic mass is 32.2. The van der Waals surface area contributed by atoms with Gasteiger partial charge in [0, 0.05) is 17.7 Å². The predicted molar refractivity (Wildman–Crippen MR) is 172 cm³/mol. The lowest BCUT2D eigenvalue weighted by Gasteiger charge is -2.26. The topological polar surface area (TPSA) is 119 Å². The van der Waals surface area contributed by atoms with Gasteiger partial charge in [0.15, 0.2) is 5.17 Å². The van der Waals surface area contributed by atoms with Gasteiger partial charge in [0.1, 0.15) is 11.5 Å². The Morgan fingerprint density at radius 1 is 0.930 bits per heavy atom. The first-order valence-electron chi connectivity index (χ1n) is 14.0. The van der Waals surface area contributed by atoms with Gasteiger partial charge in [-0.1, -0.05) is 62.4 Å². The maximum absolute atomic E-state index is 12.7. The Morgan fingerprint density at radius 2 is 1.63 bits per heavy atom. The molecule has 43 heavy (non-hydrogen) atoms. The number of hydrogen-bond acceptors (Lipinski definition) is 8. The number of ether oxygens (including phenoxy) is 2. The summed E-state index contributed by atoms with van der Waals surface area (Å²) in [5, 5.41) is 7.42. The number of hydrogen-bond donors (Lipinski definition) is 2. The van der Waals surface area contributed by atoms with Crippen LogP contribution < -0.4 is 10.6 Å².